The third-order valence-electron chi connectivity index (χ3n) is 7.25. The number of carbonyl (C=O) groups is 3. The summed E-state index contributed by atoms with van der Waals surface area (Å²) in [7, 11) is 1.55. The van der Waals surface area contributed by atoms with Crippen molar-refractivity contribution in [3.63, 3.8) is 0 Å². The second-order valence-electron chi connectivity index (χ2n) is 9.03. The number of nitrogens with zero attached hydrogens (tertiary/aromatic N) is 2. The zero-order chi connectivity index (χ0) is 25.1. The summed E-state index contributed by atoms with van der Waals surface area (Å²) in [6.07, 6.45) is 3.78. The summed E-state index contributed by atoms with van der Waals surface area (Å²) in [5.41, 5.74) is 2.79. The van der Waals surface area contributed by atoms with E-state index in [0.29, 0.717) is 26.5 Å². The normalized spacial score (nSPS) is 24.0. The molecule has 3 aromatic rings. The Bertz CT molecular complexity index is 1450. The highest BCUT2D eigenvalue weighted by atomic mass is 79.9. The van der Waals surface area contributed by atoms with E-state index < -0.39 is 23.9 Å². The Morgan fingerprint density at radius 2 is 1.69 bits per heavy atom. The molecule has 2 fully saturated rings. The minimum absolute atomic E-state index is 0.223. The Morgan fingerprint density at radius 3 is 2.42 bits per heavy atom. The predicted octanol–water partition coefficient (Wildman–Crippen LogP) is 5.51. The van der Waals surface area contributed by atoms with Crippen molar-refractivity contribution in [3.8, 4) is 5.75 Å². The summed E-state index contributed by atoms with van der Waals surface area (Å²) in [6.45, 7) is 0. The van der Waals surface area contributed by atoms with Gasteiger partial charge in [0.05, 0.1) is 35.1 Å². The fourth-order valence-electron chi connectivity index (χ4n) is 5.69. The lowest BCUT2D eigenvalue weighted by molar-refractivity contribution is -0.123. The number of ketones is 1. The van der Waals surface area contributed by atoms with Crippen LogP contribution in [0.5, 0.6) is 5.75 Å². The molecule has 0 aromatic heterocycles. The largest absolute Gasteiger partial charge is 0.496 e. The van der Waals surface area contributed by atoms with Crippen LogP contribution in [0.4, 0.5) is 5.69 Å². The molecule has 0 N–H and O–H groups in total. The first-order valence-electron chi connectivity index (χ1n) is 11.5. The molecule has 180 valence electrons. The van der Waals surface area contributed by atoms with Crippen LogP contribution in [-0.4, -0.2) is 35.6 Å². The SMILES string of the molecule is COc1ccc(C(=O)[C@@H]2[C@H]3C(=O)N(c4ccc(Cl)cc4)C(=O)[C@@H]3[C@H]3c4ccccc4C=CN23)cc1Br. The van der Waals surface area contributed by atoms with E-state index in [1.165, 1.54) is 4.90 Å². The standard InChI is InChI=1S/C28H20BrClN2O4/c1-36-21-11-6-16(14-20(21)29)26(33)25-23-22(24-19-5-3-2-4-15(19)12-13-31(24)25)27(34)32(28(23)35)18-9-7-17(30)8-10-18/h2-14,22-25H,1H3/t22-,23-,24+,25-/m0/s1. The van der Waals surface area contributed by atoms with Crippen molar-refractivity contribution >= 4 is 56.9 Å². The zero-order valence-electron chi connectivity index (χ0n) is 19.1. The van der Waals surface area contributed by atoms with E-state index in [9.17, 15) is 14.4 Å². The Hall–Kier alpha value is -3.42. The third kappa shape index (κ3) is 3.33. The number of fused-ring (bicyclic) bond motifs is 5. The van der Waals surface area contributed by atoms with Gasteiger partial charge in [-0.1, -0.05) is 35.9 Å². The smallest absolute Gasteiger partial charge is 0.240 e. The number of imide groups is 1. The fraction of sp³-hybridized carbons (Fsp3) is 0.179. The molecule has 2 amide bonds. The number of carbonyl (C=O) groups excluding carboxylic acids is 3. The Kier molecular flexibility index (Phi) is 5.50. The van der Waals surface area contributed by atoms with Crippen LogP contribution in [0.15, 0.2) is 77.4 Å². The van der Waals surface area contributed by atoms with Crippen LogP contribution in [0.3, 0.4) is 0 Å². The molecule has 0 aliphatic carbocycles. The van der Waals surface area contributed by atoms with Crippen LogP contribution < -0.4 is 9.64 Å². The van der Waals surface area contributed by atoms with Gasteiger partial charge in [0, 0.05) is 16.8 Å². The first-order valence-corrected chi connectivity index (χ1v) is 12.6. The zero-order valence-corrected chi connectivity index (χ0v) is 21.4. The van der Waals surface area contributed by atoms with Crippen molar-refractivity contribution in [2.45, 2.75) is 12.1 Å². The number of Topliss-reactive ketones (excluding diaryl/α,β-unsaturated/α-hetero) is 1. The van der Waals surface area contributed by atoms with Gasteiger partial charge in [0.15, 0.2) is 5.78 Å². The van der Waals surface area contributed by atoms with Crippen LogP contribution in [0.1, 0.15) is 27.5 Å². The number of benzene rings is 3. The average molecular weight is 564 g/mol. The number of hydrogen-bond donors (Lipinski definition) is 0. The highest BCUT2D eigenvalue weighted by molar-refractivity contribution is 9.10. The second kappa shape index (κ2) is 8.61. The van der Waals surface area contributed by atoms with Gasteiger partial charge < -0.3 is 9.64 Å². The molecule has 3 aliphatic rings. The van der Waals surface area contributed by atoms with Crippen LogP contribution in [0.25, 0.3) is 6.08 Å². The minimum Gasteiger partial charge on any atom is -0.496 e. The lowest BCUT2D eigenvalue weighted by atomic mass is 9.83. The predicted molar refractivity (Wildman–Crippen MR) is 140 cm³/mol. The first-order chi connectivity index (χ1) is 17.4. The molecule has 0 bridgehead atoms. The number of halogens is 2. The maximum atomic E-state index is 14.0. The molecule has 3 aromatic carbocycles. The van der Waals surface area contributed by atoms with Gasteiger partial charge in [0.25, 0.3) is 0 Å². The average Bonchev–Trinajstić information content (AvgIpc) is 3.36. The molecule has 2 saturated heterocycles. The van der Waals surface area contributed by atoms with E-state index in [4.69, 9.17) is 16.3 Å². The molecule has 0 radical (unpaired) electrons. The lowest BCUT2D eigenvalue weighted by Gasteiger charge is -2.35. The maximum absolute atomic E-state index is 14.0. The molecular formula is C28H20BrClN2O4. The molecule has 6 rings (SSSR count). The minimum atomic E-state index is -0.835. The highest BCUT2D eigenvalue weighted by Crippen LogP contribution is 2.53. The lowest BCUT2D eigenvalue weighted by Crippen LogP contribution is -2.44. The molecule has 6 nitrogen and oxygen atoms in total. The maximum Gasteiger partial charge on any atom is 0.240 e. The summed E-state index contributed by atoms with van der Waals surface area (Å²) >= 11 is 9.49. The van der Waals surface area contributed by atoms with E-state index in [1.54, 1.807) is 49.6 Å². The van der Waals surface area contributed by atoms with Gasteiger partial charge in [-0.15, -0.1) is 0 Å². The van der Waals surface area contributed by atoms with E-state index >= 15 is 0 Å². The third-order valence-corrected chi connectivity index (χ3v) is 8.12. The topological polar surface area (TPSA) is 66.9 Å². The highest BCUT2D eigenvalue weighted by Gasteiger charge is 2.64. The van der Waals surface area contributed by atoms with Crippen LogP contribution in [0, 0.1) is 11.8 Å². The summed E-state index contributed by atoms with van der Waals surface area (Å²) in [5, 5.41) is 0.508. The number of rotatable bonds is 4. The van der Waals surface area contributed by atoms with E-state index in [-0.39, 0.29) is 17.6 Å². The second-order valence-corrected chi connectivity index (χ2v) is 10.3. The molecule has 3 aliphatic heterocycles. The van der Waals surface area contributed by atoms with Crippen molar-refractivity contribution in [1.82, 2.24) is 4.90 Å². The summed E-state index contributed by atoms with van der Waals surface area (Å²) in [4.78, 5) is 44.9. The van der Waals surface area contributed by atoms with E-state index in [0.717, 1.165) is 11.1 Å². The van der Waals surface area contributed by atoms with Gasteiger partial charge >= 0.3 is 0 Å². The molecule has 8 heteroatoms. The fourth-order valence-corrected chi connectivity index (χ4v) is 6.36. The Labute approximate surface area is 221 Å². The van der Waals surface area contributed by atoms with Crippen molar-refractivity contribution in [2.24, 2.45) is 11.8 Å². The van der Waals surface area contributed by atoms with Crippen molar-refractivity contribution in [1.29, 1.82) is 0 Å². The van der Waals surface area contributed by atoms with Crippen molar-refractivity contribution in [3.05, 3.63) is 99.1 Å². The molecule has 3 heterocycles. The van der Waals surface area contributed by atoms with E-state index in [2.05, 4.69) is 15.9 Å². The molecule has 0 saturated carbocycles. The van der Waals surface area contributed by atoms with Crippen LogP contribution >= 0.6 is 27.5 Å². The van der Waals surface area contributed by atoms with Crippen molar-refractivity contribution in [2.75, 3.05) is 12.0 Å². The number of amides is 2. The van der Waals surface area contributed by atoms with Gasteiger partial charge in [-0.25, -0.2) is 4.90 Å². The molecule has 36 heavy (non-hydrogen) atoms. The Balaban J connectivity index is 1.48. The van der Waals surface area contributed by atoms with Gasteiger partial charge in [0.1, 0.15) is 11.8 Å². The van der Waals surface area contributed by atoms with Gasteiger partial charge in [-0.05, 0) is 75.6 Å². The van der Waals surface area contributed by atoms with Gasteiger partial charge in [-0.3, -0.25) is 14.4 Å². The molecule has 0 unspecified atom stereocenters. The van der Waals surface area contributed by atoms with Gasteiger partial charge in [-0.2, -0.15) is 0 Å². The molecule has 0 spiro atoms. The monoisotopic (exact) mass is 562 g/mol. The van der Waals surface area contributed by atoms with Crippen LogP contribution in [-0.2, 0) is 9.59 Å². The number of methoxy groups -OCH3 is 1. The number of hydrogen-bond acceptors (Lipinski definition) is 5. The van der Waals surface area contributed by atoms with Crippen molar-refractivity contribution < 1.29 is 19.1 Å². The number of anilines is 1. The summed E-state index contributed by atoms with van der Waals surface area (Å²) < 4.78 is 5.94. The quantitative estimate of drug-likeness (QED) is 0.309. The summed E-state index contributed by atoms with van der Waals surface area (Å²) in [6, 6.07) is 18.2. The number of ether oxygens (including phenoxy) is 1. The van der Waals surface area contributed by atoms with E-state index in [1.807, 2.05) is 41.4 Å². The first kappa shape index (κ1) is 23.0. The van der Waals surface area contributed by atoms with Gasteiger partial charge in [0.2, 0.25) is 11.8 Å². The Morgan fingerprint density at radius 1 is 0.972 bits per heavy atom. The van der Waals surface area contributed by atoms with Crippen LogP contribution in [0.2, 0.25) is 5.02 Å². The molecule has 4 atom stereocenters. The summed E-state index contributed by atoms with van der Waals surface area (Å²) in [5.74, 6) is -1.84. The molecular weight excluding hydrogens is 544 g/mol.